The summed E-state index contributed by atoms with van der Waals surface area (Å²) in [6, 6.07) is 13.3. The summed E-state index contributed by atoms with van der Waals surface area (Å²) in [4.78, 5) is 15.9. The lowest BCUT2D eigenvalue weighted by Crippen LogP contribution is -2.01. The molecule has 1 heterocycles. The number of benzene rings is 2. The average molecular weight is 389 g/mol. The van der Waals surface area contributed by atoms with Gasteiger partial charge in [0.05, 0.1) is 16.5 Å². The van der Waals surface area contributed by atoms with Crippen molar-refractivity contribution in [3.05, 3.63) is 63.5 Å². The minimum atomic E-state index is -0.356. The lowest BCUT2D eigenvalue weighted by Gasteiger charge is -2.14. The second-order valence-corrected chi connectivity index (χ2v) is 6.87. The van der Waals surface area contributed by atoms with E-state index < -0.39 is 0 Å². The highest BCUT2D eigenvalue weighted by atomic mass is 35.5. The summed E-state index contributed by atoms with van der Waals surface area (Å²) < 4.78 is 11.6. The predicted molar refractivity (Wildman–Crippen MR) is 106 cm³/mol. The Morgan fingerprint density at radius 1 is 1.23 bits per heavy atom. The minimum absolute atomic E-state index is 0.236. The Morgan fingerprint density at radius 3 is 2.65 bits per heavy atom. The third kappa shape index (κ3) is 4.39. The smallest absolute Gasteiger partial charge is 0.286 e. The standard InChI is InChI=1S/C19H17ClN2O3S/c1-2-24-15-9-13(10-16-18(23)22-19(21)26-16)8-14(20)17(15)25-11-12-6-4-3-5-7-12/h3-10H,2,11H2,1H3,(H2,21,22,23)/b16-10+. The number of rotatable bonds is 6. The Balaban J connectivity index is 1.86. The fourth-order valence-corrected chi connectivity index (χ4v) is 3.34. The van der Waals surface area contributed by atoms with E-state index >= 15 is 0 Å². The number of thioether (sulfide) groups is 1. The number of nitrogens with zero attached hydrogens (tertiary/aromatic N) is 1. The van der Waals surface area contributed by atoms with E-state index in [0.29, 0.717) is 40.2 Å². The molecule has 1 aliphatic heterocycles. The summed E-state index contributed by atoms with van der Waals surface area (Å²) in [5, 5.41) is 0.642. The number of nitrogens with two attached hydrogens (primary N) is 1. The first-order valence-corrected chi connectivity index (χ1v) is 9.17. The number of ether oxygens (including phenoxy) is 2. The van der Waals surface area contributed by atoms with Gasteiger partial charge in [0, 0.05) is 0 Å². The van der Waals surface area contributed by atoms with E-state index in [1.54, 1.807) is 18.2 Å². The van der Waals surface area contributed by atoms with Crippen LogP contribution >= 0.6 is 23.4 Å². The Morgan fingerprint density at radius 2 is 2.00 bits per heavy atom. The lowest BCUT2D eigenvalue weighted by atomic mass is 10.1. The fourth-order valence-electron chi connectivity index (χ4n) is 2.38. The van der Waals surface area contributed by atoms with Crippen molar-refractivity contribution in [2.45, 2.75) is 13.5 Å². The highest BCUT2D eigenvalue weighted by molar-refractivity contribution is 8.18. The molecule has 3 rings (SSSR count). The highest BCUT2D eigenvalue weighted by Crippen LogP contribution is 2.38. The van der Waals surface area contributed by atoms with E-state index in [4.69, 9.17) is 26.8 Å². The van der Waals surface area contributed by atoms with Crippen LogP contribution in [0.1, 0.15) is 18.1 Å². The van der Waals surface area contributed by atoms with E-state index in [-0.39, 0.29) is 11.1 Å². The third-order valence-electron chi connectivity index (χ3n) is 3.49. The van der Waals surface area contributed by atoms with Gasteiger partial charge in [-0.1, -0.05) is 41.9 Å². The Hall–Kier alpha value is -2.44. The first kappa shape index (κ1) is 18.4. The zero-order chi connectivity index (χ0) is 18.5. The molecule has 0 radical (unpaired) electrons. The average Bonchev–Trinajstić information content (AvgIpc) is 2.92. The molecule has 7 heteroatoms. The first-order chi connectivity index (χ1) is 12.6. The zero-order valence-electron chi connectivity index (χ0n) is 14.1. The molecule has 2 aromatic carbocycles. The van der Waals surface area contributed by atoms with Gasteiger partial charge >= 0.3 is 0 Å². The van der Waals surface area contributed by atoms with Gasteiger partial charge < -0.3 is 15.2 Å². The maximum absolute atomic E-state index is 11.8. The van der Waals surface area contributed by atoms with Gasteiger partial charge in [-0.25, -0.2) is 0 Å². The van der Waals surface area contributed by atoms with Gasteiger partial charge in [0.15, 0.2) is 16.7 Å². The van der Waals surface area contributed by atoms with Gasteiger partial charge in [-0.2, -0.15) is 4.99 Å². The summed E-state index contributed by atoms with van der Waals surface area (Å²) in [6.07, 6.45) is 1.69. The molecule has 1 amide bonds. The summed E-state index contributed by atoms with van der Waals surface area (Å²) in [5.41, 5.74) is 7.32. The van der Waals surface area contributed by atoms with Gasteiger partial charge in [-0.05, 0) is 48.0 Å². The molecule has 0 saturated carbocycles. The van der Waals surface area contributed by atoms with E-state index in [0.717, 1.165) is 17.3 Å². The number of hydrogen-bond acceptors (Lipinski definition) is 5. The van der Waals surface area contributed by atoms with Crippen molar-refractivity contribution >= 4 is 40.5 Å². The number of halogens is 1. The fraction of sp³-hybridized carbons (Fsp3) is 0.158. The number of hydrogen-bond donors (Lipinski definition) is 1. The molecular weight excluding hydrogens is 372 g/mol. The summed E-state index contributed by atoms with van der Waals surface area (Å²) in [7, 11) is 0. The molecule has 2 aromatic rings. The molecule has 0 fully saturated rings. The highest BCUT2D eigenvalue weighted by Gasteiger charge is 2.20. The van der Waals surface area contributed by atoms with Gasteiger partial charge in [-0.15, -0.1) is 0 Å². The topological polar surface area (TPSA) is 73.9 Å². The molecule has 0 saturated heterocycles. The second kappa shape index (κ2) is 8.29. The van der Waals surface area contributed by atoms with Crippen LogP contribution in [0.15, 0.2) is 52.4 Å². The molecule has 0 bridgehead atoms. The number of carbonyl (C=O) groups excluding carboxylic acids is 1. The molecule has 2 N–H and O–H groups in total. The summed E-state index contributed by atoms with van der Waals surface area (Å²) in [6.45, 7) is 2.71. The van der Waals surface area contributed by atoms with Gasteiger partial charge in [0.25, 0.3) is 5.91 Å². The van der Waals surface area contributed by atoms with Crippen molar-refractivity contribution in [2.24, 2.45) is 10.7 Å². The van der Waals surface area contributed by atoms with Gasteiger partial charge in [0.1, 0.15) is 6.61 Å². The van der Waals surface area contributed by atoms with E-state index in [2.05, 4.69) is 4.99 Å². The largest absolute Gasteiger partial charge is 0.490 e. The Bertz CT molecular complexity index is 882. The molecule has 0 unspecified atom stereocenters. The molecule has 5 nitrogen and oxygen atoms in total. The van der Waals surface area contributed by atoms with E-state index in [1.807, 2.05) is 37.3 Å². The second-order valence-electron chi connectivity index (χ2n) is 5.40. The third-order valence-corrected chi connectivity index (χ3v) is 4.59. The summed E-state index contributed by atoms with van der Waals surface area (Å²) >= 11 is 7.54. The van der Waals surface area contributed by atoms with Crippen LogP contribution in [0.2, 0.25) is 5.02 Å². The van der Waals surface area contributed by atoms with Crippen molar-refractivity contribution in [3.63, 3.8) is 0 Å². The van der Waals surface area contributed by atoms with Crippen LogP contribution in [0.25, 0.3) is 6.08 Å². The number of carbonyl (C=O) groups is 1. The molecule has 0 aliphatic carbocycles. The van der Waals surface area contributed by atoms with Crippen LogP contribution in [0.5, 0.6) is 11.5 Å². The lowest BCUT2D eigenvalue weighted by molar-refractivity contribution is -0.113. The van der Waals surface area contributed by atoms with Crippen LogP contribution < -0.4 is 15.2 Å². The molecule has 0 atom stereocenters. The minimum Gasteiger partial charge on any atom is -0.490 e. The van der Waals surface area contributed by atoms with Crippen molar-refractivity contribution in [1.29, 1.82) is 0 Å². The first-order valence-electron chi connectivity index (χ1n) is 7.98. The molecule has 0 spiro atoms. The molecule has 0 aromatic heterocycles. The van der Waals surface area contributed by atoms with Gasteiger partial charge in [0.2, 0.25) is 0 Å². The van der Waals surface area contributed by atoms with Crippen LogP contribution in [0.3, 0.4) is 0 Å². The number of amides is 1. The number of amidine groups is 1. The van der Waals surface area contributed by atoms with E-state index in [9.17, 15) is 4.79 Å². The molecule has 1 aliphatic rings. The zero-order valence-corrected chi connectivity index (χ0v) is 15.6. The normalized spacial score (nSPS) is 15.2. The quantitative estimate of drug-likeness (QED) is 0.749. The Labute approximate surface area is 160 Å². The maximum atomic E-state index is 11.8. The monoisotopic (exact) mass is 388 g/mol. The number of aliphatic imine (C=N–C) groups is 1. The van der Waals surface area contributed by atoms with Crippen molar-refractivity contribution < 1.29 is 14.3 Å². The summed E-state index contributed by atoms with van der Waals surface area (Å²) in [5.74, 6) is 0.638. The molecular formula is C19H17ClN2O3S. The Kier molecular flexibility index (Phi) is 5.85. The molecule has 134 valence electrons. The van der Waals surface area contributed by atoms with Crippen LogP contribution in [-0.4, -0.2) is 17.7 Å². The predicted octanol–water partition coefficient (Wildman–Crippen LogP) is 4.25. The van der Waals surface area contributed by atoms with Crippen molar-refractivity contribution in [2.75, 3.05) is 6.61 Å². The van der Waals surface area contributed by atoms with Crippen molar-refractivity contribution in [1.82, 2.24) is 0 Å². The van der Waals surface area contributed by atoms with Crippen LogP contribution in [0, 0.1) is 0 Å². The van der Waals surface area contributed by atoms with Crippen LogP contribution in [-0.2, 0) is 11.4 Å². The SMILES string of the molecule is CCOc1cc(/C=C2/SC(N)=NC2=O)cc(Cl)c1OCc1ccccc1. The van der Waals surface area contributed by atoms with Gasteiger partial charge in [-0.3, -0.25) is 4.79 Å². The van der Waals surface area contributed by atoms with Crippen LogP contribution in [0.4, 0.5) is 0 Å². The maximum Gasteiger partial charge on any atom is 0.286 e. The molecule has 26 heavy (non-hydrogen) atoms. The van der Waals surface area contributed by atoms with Crippen molar-refractivity contribution in [3.8, 4) is 11.5 Å². The van der Waals surface area contributed by atoms with E-state index in [1.165, 1.54) is 0 Å².